The van der Waals surface area contributed by atoms with Gasteiger partial charge in [-0.3, -0.25) is 9.58 Å². The van der Waals surface area contributed by atoms with Crippen LogP contribution in [-0.4, -0.2) is 33.1 Å². The van der Waals surface area contributed by atoms with E-state index in [1.54, 1.807) is 0 Å². The van der Waals surface area contributed by atoms with Gasteiger partial charge in [0, 0.05) is 38.3 Å². The van der Waals surface area contributed by atoms with E-state index >= 15 is 0 Å². The molecule has 1 saturated carbocycles. The number of halogens is 1. The second kappa shape index (κ2) is 4.32. The first-order valence-corrected chi connectivity index (χ1v) is 5.61. The molecule has 1 aliphatic rings. The van der Waals surface area contributed by atoms with Gasteiger partial charge >= 0.3 is 0 Å². The van der Waals surface area contributed by atoms with Gasteiger partial charge in [-0.05, 0) is 18.9 Å². The maximum Gasteiger partial charge on any atom is 0.0764 e. The highest BCUT2D eigenvalue weighted by molar-refractivity contribution is 6.18. The highest BCUT2D eigenvalue weighted by Crippen LogP contribution is 2.27. The van der Waals surface area contributed by atoms with E-state index in [9.17, 15) is 0 Å². The zero-order valence-electron chi connectivity index (χ0n) is 8.49. The van der Waals surface area contributed by atoms with E-state index < -0.39 is 0 Å². The third-order valence-electron chi connectivity index (χ3n) is 2.57. The molecule has 0 N–H and O–H groups in total. The van der Waals surface area contributed by atoms with Gasteiger partial charge in [0.15, 0.2) is 0 Å². The lowest BCUT2D eigenvalue weighted by molar-refractivity contribution is 0.267. The first-order chi connectivity index (χ1) is 6.79. The van der Waals surface area contributed by atoms with E-state index in [1.165, 1.54) is 12.8 Å². The Morgan fingerprint density at radius 2 is 2.43 bits per heavy atom. The lowest BCUT2D eigenvalue weighted by atomic mass is 10.3. The Bertz CT molecular complexity index is 293. The van der Waals surface area contributed by atoms with Crippen LogP contribution in [0.1, 0.15) is 18.5 Å². The van der Waals surface area contributed by atoms with E-state index in [1.807, 2.05) is 17.9 Å². The standard InChI is InChI=1S/C10H16ClN3/c1-13-6-4-9(12-13)8-14(7-5-11)10-2-3-10/h4,6,10H,2-3,5,7-8H2,1H3. The summed E-state index contributed by atoms with van der Waals surface area (Å²) < 4.78 is 1.85. The molecule has 1 aromatic rings. The molecule has 0 aromatic carbocycles. The molecule has 1 aromatic heterocycles. The topological polar surface area (TPSA) is 21.1 Å². The van der Waals surface area contributed by atoms with Crippen molar-refractivity contribution in [2.75, 3.05) is 12.4 Å². The third-order valence-corrected chi connectivity index (χ3v) is 2.74. The zero-order chi connectivity index (χ0) is 9.97. The van der Waals surface area contributed by atoms with E-state index in [4.69, 9.17) is 11.6 Å². The van der Waals surface area contributed by atoms with E-state index in [0.29, 0.717) is 5.88 Å². The summed E-state index contributed by atoms with van der Waals surface area (Å²) in [6.07, 6.45) is 4.63. The Balaban J connectivity index is 1.92. The van der Waals surface area contributed by atoms with Crippen molar-refractivity contribution >= 4 is 11.6 Å². The fourth-order valence-corrected chi connectivity index (χ4v) is 1.91. The summed E-state index contributed by atoms with van der Waals surface area (Å²) in [6, 6.07) is 2.83. The third kappa shape index (κ3) is 2.49. The highest BCUT2D eigenvalue weighted by atomic mass is 35.5. The summed E-state index contributed by atoms with van der Waals surface area (Å²) >= 11 is 5.77. The van der Waals surface area contributed by atoms with Crippen LogP contribution in [0.5, 0.6) is 0 Å². The van der Waals surface area contributed by atoms with Crippen molar-refractivity contribution in [3.63, 3.8) is 0 Å². The molecule has 0 atom stereocenters. The molecule has 1 heterocycles. The molecule has 0 saturated heterocycles. The first-order valence-electron chi connectivity index (χ1n) is 5.08. The van der Waals surface area contributed by atoms with Crippen molar-refractivity contribution in [3.05, 3.63) is 18.0 Å². The second-order valence-corrected chi connectivity index (χ2v) is 4.25. The fraction of sp³-hybridized carbons (Fsp3) is 0.700. The predicted octanol–water partition coefficient (Wildman–Crippen LogP) is 1.62. The second-order valence-electron chi connectivity index (χ2n) is 3.87. The quantitative estimate of drug-likeness (QED) is 0.694. The van der Waals surface area contributed by atoms with Crippen LogP contribution in [-0.2, 0) is 13.6 Å². The Hall–Kier alpha value is -0.540. The number of aryl methyl sites for hydroxylation is 1. The van der Waals surface area contributed by atoms with Crippen molar-refractivity contribution in [1.29, 1.82) is 0 Å². The molecule has 0 spiro atoms. The predicted molar refractivity (Wildman–Crippen MR) is 57.4 cm³/mol. The van der Waals surface area contributed by atoms with Gasteiger partial charge in [-0.25, -0.2) is 0 Å². The van der Waals surface area contributed by atoms with Crippen LogP contribution in [0.15, 0.2) is 12.3 Å². The summed E-state index contributed by atoms with van der Waals surface area (Å²) in [5.74, 6) is 0.712. The summed E-state index contributed by atoms with van der Waals surface area (Å²) in [5.41, 5.74) is 1.14. The van der Waals surface area contributed by atoms with Crippen LogP contribution in [0, 0.1) is 0 Å². The first kappa shape index (κ1) is 9.99. The smallest absolute Gasteiger partial charge is 0.0764 e. The highest BCUT2D eigenvalue weighted by Gasteiger charge is 2.28. The molecule has 0 amide bonds. The van der Waals surface area contributed by atoms with Crippen LogP contribution in [0.25, 0.3) is 0 Å². The van der Waals surface area contributed by atoms with Crippen molar-refractivity contribution in [1.82, 2.24) is 14.7 Å². The largest absolute Gasteiger partial charge is 0.293 e. The van der Waals surface area contributed by atoms with Crippen LogP contribution in [0.4, 0.5) is 0 Å². The molecule has 0 unspecified atom stereocenters. The number of hydrogen-bond acceptors (Lipinski definition) is 2. The van der Waals surface area contributed by atoms with Gasteiger partial charge in [-0.15, -0.1) is 11.6 Å². The molecule has 2 rings (SSSR count). The lowest BCUT2D eigenvalue weighted by Crippen LogP contribution is -2.27. The molecule has 0 radical (unpaired) electrons. The van der Waals surface area contributed by atoms with Crippen LogP contribution in [0.3, 0.4) is 0 Å². The van der Waals surface area contributed by atoms with Crippen molar-refractivity contribution in [3.8, 4) is 0 Å². The van der Waals surface area contributed by atoms with Crippen LogP contribution >= 0.6 is 11.6 Å². The molecule has 14 heavy (non-hydrogen) atoms. The summed E-state index contributed by atoms with van der Waals surface area (Å²) in [7, 11) is 1.95. The SMILES string of the molecule is Cn1ccc(CN(CCCl)C2CC2)n1. The maximum atomic E-state index is 5.77. The molecule has 4 heteroatoms. The minimum atomic E-state index is 0.712. The Morgan fingerprint density at radius 3 is 2.93 bits per heavy atom. The normalized spacial score (nSPS) is 16.5. The number of aromatic nitrogens is 2. The van der Waals surface area contributed by atoms with Gasteiger partial charge in [0.1, 0.15) is 0 Å². The molecule has 3 nitrogen and oxygen atoms in total. The van der Waals surface area contributed by atoms with Gasteiger partial charge in [-0.1, -0.05) is 0 Å². The molecule has 0 bridgehead atoms. The molecule has 78 valence electrons. The average Bonchev–Trinajstić information content (AvgIpc) is 2.91. The summed E-state index contributed by atoms with van der Waals surface area (Å²) in [5, 5.41) is 4.37. The average molecular weight is 214 g/mol. The summed E-state index contributed by atoms with van der Waals surface area (Å²) in [6.45, 7) is 1.92. The fourth-order valence-electron chi connectivity index (χ4n) is 1.69. The van der Waals surface area contributed by atoms with Crippen molar-refractivity contribution < 1.29 is 0 Å². The van der Waals surface area contributed by atoms with Gasteiger partial charge in [-0.2, -0.15) is 5.10 Å². The molecular weight excluding hydrogens is 198 g/mol. The van der Waals surface area contributed by atoms with Crippen molar-refractivity contribution in [2.45, 2.75) is 25.4 Å². The van der Waals surface area contributed by atoms with E-state index in [-0.39, 0.29) is 0 Å². The van der Waals surface area contributed by atoms with Crippen LogP contribution in [0.2, 0.25) is 0 Å². The minimum absolute atomic E-state index is 0.712. The number of rotatable bonds is 5. The van der Waals surface area contributed by atoms with Crippen molar-refractivity contribution in [2.24, 2.45) is 7.05 Å². The van der Waals surface area contributed by atoms with E-state index in [0.717, 1.165) is 24.8 Å². The zero-order valence-corrected chi connectivity index (χ0v) is 9.24. The molecule has 1 fully saturated rings. The van der Waals surface area contributed by atoms with Gasteiger partial charge in [0.25, 0.3) is 0 Å². The monoisotopic (exact) mass is 213 g/mol. The van der Waals surface area contributed by atoms with Gasteiger partial charge in [0.05, 0.1) is 5.69 Å². The van der Waals surface area contributed by atoms with E-state index in [2.05, 4.69) is 16.1 Å². The Morgan fingerprint density at radius 1 is 1.64 bits per heavy atom. The lowest BCUT2D eigenvalue weighted by Gasteiger charge is -2.19. The van der Waals surface area contributed by atoms with Gasteiger partial charge in [0.2, 0.25) is 0 Å². The number of hydrogen-bond donors (Lipinski definition) is 0. The molecular formula is C10H16ClN3. The Labute approximate surface area is 89.7 Å². The maximum absolute atomic E-state index is 5.77. The number of alkyl halides is 1. The molecule has 0 aliphatic heterocycles. The van der Waals surface area contributed by atoms with Crippen LogP contribution < -0.4 is 0 Å². The summed E-state index contributed by atoms with van der Waals surface area (Å²) in [4.78, 5) is 2.43. The number of nitrogens with zero attached hydrogens (tertiary/aromatic N) is 3. The Kier molecular flexibility index (Phi) is 3.08. The minimum Gasteiger partial charge on any atom is -0.293 e. The van der Waals surface area contributed by atoms with Gasteiger partial charge < -0.3 is 0 Å². The molecule has 1 aliphatic carbocycles.